The van der Waals surface area contributed by atoms with Crippen LogP contribution in [0.1, 0.15) is 35.5 Å². The highest BCUT2D eigenvalue weighted by Gasteiger charge is 2.21. The molecule has 44 heavy (non-hydrogen) atoms. The fourth-order valence-electron chi connectivity index (χ4n) is 4.36. The summed E-state index contributed by atoms with van der Waals surface area (Å²) in [4.78, 5) is 23.8. The Hall–Kier alpha value is -4.87. The zero-order valence-electron chi connectivity index (χ0n) is 25.6. The Morgan fingerprint density at radius 2 is 1.86 bits per heavy atom. The van der Waals surface area contributed by atoms with Gasteiger partial charge in [-0.25, -0.2) is 9.67 Å². The summed E-state index contributed by atoms with van der Waals surface area (Å²) in [5.74, 6) is 2.17. The highest BCUT2D eigenvalue weighted by Crippen LogP contribution is 2.38. The van der Waals surface area contributed by atoms with Crippen LogP contribution in [0.2, 0.25) is 5.02 Å². The summed E-state index contributed by atoms with van der Waals surface area (Å²) in [5.41, 5.74) is 3.02. The van der Waals surface area contributed by atoms with E-state index in [-0.39, 0.29) is 5.69 Å². The topological polar surface area (TPSA) is 112 Å². The molecule has 12 heteroatoms. The predicted octanol–water partition coefficient (Wildman–Crippen LogP) is 6.42. The number of aromatic nitrogens is 3. The smallest absolute Gasteiger partial charge is 0.281 e. The van der Waals surface area contributed by atoms with E-state index in [1.54, 1.807) is 55.4 Å². The van der Waals surface area contributed by atoms with Crippen LogP contribution >= 0.6 is 11.6 Å². The number of nitrogens with one attached hydrogen (secondary N) is 1. The monoisotopic (exact) mass is 618 g/mol. The fraction of sp³-hybridized carbons (Fsp3) is 0.250. The van der Waals surface area contributed by atoms with Crippen LogP contribution < -0.4 is 24.3 Å². The summed E-state index contributed by atoms with van der Waals surface area (Å²) in [7, 11) is 7.03. The lowest BCUT2D eigenvalue weighted by molar-refractivity contribution is 0.101. The van der Waals surface area contributed by atoms with E-state index in [2.05, 4.69) is 27.1 Å². The first-order valence-corrected chi connectivity index (χ1v) is 14.1. The summed E-state index contributed by atoms with van der Waals surface area (Å²) < 4.78 is 24.2. The number of methoxy groups -OCH3 is 2. The molecule has 4 rings (SSSR count). The molecule has 2 aromatic carbocycles. The highest BCUT2D eigenvalue weighted by molar-refractivity contribution is 6.31. The van der Waals surface area contributed by atoms with Crippen LogP contribution in [0.15, 0.2) is 65.9 Å². The number of hydrogen-bond donors (Lipinski definition) is 1. The van der Waals surface area contributed by atoms with E-state index >= 15 is 0 Å². The zero-order chi connectivity index (χ0) is 31.8. The van der Waals surface area contributed by atoms with Crippen LogP contribution in [0.4, 0.5) is 11.5 Å². The standard InChI is InChI=1S/C32H35ClN6O5/c1-8-26(23-15-27(41-6)28(42-7)16-25(23)34-3)44-22-11-13-30(35-17-22)36-32(40)31-29(43-9-2)19-39(37-31)21-10-12-24(33)20(14-21)18-38(4)5/h8,10-17,19H,3,9,18H2,1-2,4-7H3,(H,35,36,40)/b26-8+. The number of rotatable bonds is 13. The van der Waals surface area contributed by atoms with Crippen LogP contribution in [0.25, 0.3) is 11.4 Å². The molecular weight excluding hydrogens is 584 g/mol. The van der Waals surface area contributed by atoms with Crippen LogP contribution in [-0.2, 0) is 6.54 Å². The van der Waals surface area contributed by atoms with Gasteiger partial charge in [0.15, 0.2) is 22.9 Å². The number of carbonyl (C=O) groups excluding carboxylic acids is 1. The highest BCUT2D eigenvalue weighted by atomic mass is 35.5. The van der Waals surface area contributed by atoms with Gasteiger partial charge in [-0.05, 0) is 82.7 Å². The Bertz CT molecular complexity index is 1670. The third kappa shape index (κ3) is 7.36. The second-order valence-corrected chi connectivity index (χ2v) is 10.1. The number of nitrogens with zero attached hydrogens (tertiary/aromatic N) is 5. The van der Waals surface area contributed by atoms with Crippen molar-refractivity contribution in [1.29, 1.82) is 0 Å². The minimum atomic E-state index is -0.475. The quantitative estimate of drug-likeness (QED) is 0.135. The molecule has 0 aliphatic rings. The van der Waals surface area contributed by atoms with Crippen LogP contribution in [0.3, 0.4) is 0 Å². The van der Waals surface area contributed by atoms with Gasteiger partial charge in [-0.1, -0.05) is 11.6 Å². The first kappa shape index (κ1) is 32.1. The molecule has 1 amide bonds. The van der Waals surface area contributed by atoms with Gasteiger partial charge in [0.1, 0.15) is 17.3 Å². The number of anilines is 1. The number of pyridine rings is 1. The maximum absolute atomic E-state index is 13.3. The second-order valence-electron chi connectivity index (χ2n) is 9.70. The van der Waals surface area contributed by atoms with Gasteiger partial charge in [0.2, 0.25) is 0 Å². The molecule has 0 saturated carbocycles. The third-order valence-corrected chi connectivity index (χ3v) is 6.75. The molecule has 0 fully saturated rings. The molecule has 0 atom stereocenters. The van der Waals surface area contributed by atoms with Crippen molar-refractivity contribution in [2.24, 2.45) is 4.99 Å². The molecule has 0 aliphatic heterocycles. The molecule has 4 aromatic rings. The van der Waals surface area contributed by atoms with Gasteiger partial charge in [-0.2, -0.15) is 5.10 Å². The number of benzene rings is 2. The molecule has 2 aromatic heterocycles. The minimum absolute atomic E-state index is 0.118. The van der Waals surface area contributed by atoms with Gasteiger partial charge in [0.25, 0.3) is 5.91 Å². The Morgan fingerprint density at radius 3 is 2.48 bits per heavy atom. The third-order valence-electron chi connectivity index (χ3n) is 6.38. The SMILES string of the molecule is C=Nc1cc(OC)c(OC)cc1/C(=C\C)Oc1ccc(NC(=O)c2nn(-c3ccc(Cl)c(CN(C)C)c3)cc2OCC)nc1. The summed E-state index contributed by atoms with van der Waals surface area (Å²) in [5, 5.41) is 7.95. The normalized spacial score (nSPS) is 11.3. The van der Waals surface area contributed by atoms with Gasteiger partial charge in [-0.3, -0.25) is 9.79 Å². The first-order valence-electron chi connectivity index (χ1n) is 13.7. The maximum atomic E-state index is 13.3. The van der Waals surface area contributed by atoms with Gasteiger partial charge in [-0.15, -0.1) is 0 Å². The van der Waals surface area contributed by atoms with Gasteiger partial charge in [0.05, 0.1) is 44.6 Å². The lowest BCUT2D eigenvalue weighted by Crippen LogP contribution is -2.15. The minimum Gasteiger partial charge on any atom is -0.493 e. The van der Waals surface area contributed by atoms with Crippen molar-refractivity contribution >= 4 is 41.5 Å². The predicted molar refractivity (Wildman–Crippen MR) is 172 cm³/mol. The molecule has 0 saturated heterocycles. The number of aliphatic imine (C=N–C) groups is 1. The van der Waals surface area contributed by atoms with E-state index in [1.807, 2.05) is 51.0 Å². The zero-order valence-corrected chi connectivity index (χ0v) is 26.3. The van der Waals surface area contributed by atoms with Crippen molar-refractivity contribution in [2.45, 2.75) is 20.4 Å². The average Bonchev–Trinajstić information content (AvgIpc) is 3.45. The van der Waals surface area contributed by atoms with Crippen LogP contribution in [-0.4, -0.2) is 67.2 Å². The summed E-state index contributed by atoms with van der Waals surface area (Å²) >= 11 is 6.39. The van der Waals surface area contributed by atoms with E-state index < -0.39 is 5.91 Å². The summed E-state index contributed by atoms with van der Waals surface area (Å²) in [6.07, 6.45) is 4.97. The van der Waals surface area contributed by atoms with E-state index in [1.165, 1.54) is 6.20 Å². The fourth-order valence-corrected chi connectivity index (χ4v) is 4.53. The molecule has 0 radical (unpaired) electrons. The van der Waals surface area contributed by atoms with E-state index in [0.717, 1.165) is 11.3 Å². The Balaban J connectivity index is 1.53. The largest absolute Gasteiger partial charge is 0.493 e. The van der Waals surface area contributed by atoms with Gasteiger partial charge < -0.3 is 29.2 Å². The van der Waals surface area contributed by atoms with E-state index in [0.29, 0.717) is 64.0 Å². The lowest BCUT2D eigenvalue weighted by atomic mass is 10.1. The second kappa shape index (κ2) is 14.5. The summed E-state index contributed by atoms with van der Waals surface area (Å²) in [6.45, 7) is 8.35. The number of halogens is 1. The first-order chi connectivity index (χ1) is 21.2. The maximum Gasteiger partial charge on any atom is 0.281 e. The van der Waals surface area contributed by atoms with Crippen molar-refractivity contribution < 1.29 is 23.7 Å². The summed E-state index contributed by atoms with van der Waals surface area (Å²) in [6, 6.07) is 12.4. The molecule has 0 aliphatic carbocycles. The molecule has 11 nitrogen and oxygen atoms in total. The van der Waals surface area contributed by atoms with E-state index in [4.69, 9.17) is 30.5 Å². The molecule has 2 heterocycles. The number of allylic oxidation sites excluding steroid dienone is 1. The van der Waals surface area contributed by atoms with Crippen LogP contribution in [0.5, 0.6) is 23.0 Å². The lowest BCUT2D eigenvalue weighted by Gasteiger charge is -2.15. The Kier molecular flexibility index (Phi) is 10.6. The Morgan fingerprint density at radius 1 is 1.11 bits per heavy atom. The number of carbonyl (C=O) groups is 1. The van der Waals surface area contributed by atoms with Crippen LogP contribution in [0, 0.1) is 0 Å². The molecular formula is C32H35ClN6O5. The molecule has 0 spiro atoms. The van der Waals surface area contributed by atoms with Crippen molar-refractivity contribution in [2.75, 3.05) is 40.2 Å². The molecule has 0 bridgehead atoms. The number of hydrogen-bond acceptors (Lipinski definition) is 9. The molecule has 230 valence electrons. The van der Waals surface area contributed by atoms with Crippen molar-refractivity contribution in [1.82, 2.24) is 19.7 Å². The van der Waals surface area contributed by atoms with E-state index in [9.17, 15) is 4.79 Å². The van der Waals surface area contributed by atoms with Crippen molar-refractivity contribution in [3.8, 4) is 28.7 Å². The number of ether oxygens (including phenoxy) is 4. The molecule has 1 N–H and O–H groups in total. The number of amides is 1. The van der Waals surface area contributed by atoms with Gasteiger partial charge in [0, 0.05) is 23.2 Å². The van der Waals surface area contributed by atoms with Gasteiger partial charge >= 0.3 is 0 Å². The molecule has 0 unspecified atom stereocenters. The van der Waals surface area contributed by atoms with Crippen molar-refractivity contribution in [3.63, 3.8) is 0 Å². The average molecular weight is 619 g/mol. The Labute approximate surface area is 261 Å². The van der Waals surface area contributed by atoms with Crippen molar-refractivity contribution in [3.05, 3.63) is 82.8 Å².